The van der Waals surface area contributed by atoms with E-state index < -0.39 is 12.1 Å². The van der Waals surface area contributed by atoms with Gasteiger partial charge >= 0.3 is 0 Å². The first-order valence-corrected chi connectivity index (χ1v) is 6.97. The van der Waals surface area contributed by atoms with Crippen LogP contribution in [0.3, 0.4) is 0 Å². The van der Waals surface area contributed by atoms with E-state index in [9.17, 15) is 9.18 Å². The fourth-order valence-electron chi connectivity index (χ4n) is 2.45. The lowest BCUT2D eigenvalue weighted by molar-refractivity contribution is -0.126. The molecule has 0 spiro atoms. The summed E-state index contributed by atoms with van der Waals surface area (Å²) in [6, 6.07) is 12.5. The van der Waals surface area contributed by atoms with E-state index in [0.717, 1.165) is 4.47 Å². The second-order valence-corrected chi connectivity index (χ2v) is 5.59. The molecule has 2 aromatic carbocycles. The number of nitrogens with zero attached hydrogens (tertiary/aromatic N) is 1. The van der Waals surface area contributed by atoms with Crippen molar-refractivity contribution in [2.45, 2.75) is 12.1 Å². The van der Waals surface area contributed by atoms with Gasteiger partial charge in [-0.05, 0) is 30.3 Å². The zero-order chi connectivity index (χ0) is 14.3. The van der Waals surface area contributed by atoms with Crippen LogP contribution >= 0.6 is 15.9 Å². The van der Waals surface area contributed by atoms with Crippen molar-refractivity contribution in [3.63, 3.8) is 0 Å². The summed E-state index contributed by atoms with van der Waals surface area (Å²) in [7, 11) is 0. The molecule has 3 rings (SSSR count). The SMILES string of the molecule is N[C@H]1C(=O)N(c2ccc(Br)cc2)[C@@H]1c1ccccc1F. The normalized spacial score (nSPS) is 21.8. The van der Waals surface area contributed by atoms with Crippen LogP contribution in [0.5, 0.6) is 0 Å². The van der Waals surface area contributed by atoms with Crippen molar-refractivity contribution in [1.82, 2.24) is 0 Å². The molecular formula is C15H12BrFN2O. The van der Waals surface area contributed by atoms with E-state index in [2.05, 4.69) is 15.9 Å². The van der Waals surface area contributed by atoms with E-state index in [-0.39, 0.29) is 11.7 Å². The number of amides is 1. The van der Waals surface area contributed by atoms with Crippen molar-refractivity contribution >= 4 is 27.5 Å². The molecule has 1 aliphatic heterocycles. The van der Waals surface area contributed by atoms with Crippen LogP contribution in [0.15, 0.2) is 53.0 Å². The maximum absolute atomic E-state index is 13.9. The molecule has 5 heteroatoms. The van der Waals surface area contributed by atoms with Crippen molar-refractivity contribution in [3.05, 3.63) is 64.4 Å². The Balaban J connectivity index is 2.00. The van der Waals surface area contributed by atoms with Gasteiger partial charge < -0.3 is 10.6 Å². The Morgan fingerprint density at radius 2 is 1.75 bits per heavy atom. The molecule has 1 aliphatic rings. The van der Waals surface area contributed by atoms with Crippen molar-refractivity contribution in [3.8, 4) is 0 Å². The minimum Gasteiger partial charge on any atom is -0.318 e. The maximum atomic E-state index is 13.9. The first-order chi connectivity index (χ1) is 9.59. The number of carbonyl (C=O) groups excluding carboxylic acids is 1. The molecule has 20 heavy (non-hydrogen) atoms. The number of anilines is 1. The van der Waals surface area contributed by atoms with Gasteiger partial charge in [0, 0.05) is 15.7 Å². The molecule has 1 amide bonds. The summed E-state index contributed by atoms with van der Waals surface area (Å²) in [5.41, 5.74) is 7.02. The average Bonchev–Trinajstić information content (AvgIpc) is 2.46. The highest BCUT2D eigenvalue weighted by molar-refractivity contribution is 9.10. The van der Waals surface area contributed by atoms with E-state index in [0.29, 0.717) is 11.3 Å². The van der Waals surface area contributed by atoms with Gasteiger partial charge in [0.15, 0.2) is 0 Å². The third-order valence-corrected chi connectivity index (χ3v) is 4.00. The summed E-state index contributed by atoms with van der Waals surface area (Å²) in [5.74, 6) is -0.539. The number of nitrogens with two attached hydrogens (primary N) is 1. The van der Waals surface area contributed by atoms with Gasteiger partial charge in [0.25, 0.3) is 0 Å². The summed E-state index contributed by atoms with van der Waals surface area (Å²) in [6.07, 6.45) is 0. The molecule has 2 N–H and O–H groups in total. The Morgan fingerprint density at radius 1 is 1.10 bits per heavy atom. The van der Waals surface area contributed by atoms with Crippen molar-refractivity contribution in [2.75, 3.05) is 4.90 Å². The Kier molecular flexibility index (Phi) is 3.31. The number of hydrogen-bond acceptors (Lipinski definition) is 2. The second kappa shape index (κ2) is 5.00. The van der Waals surface area contributed by atoms with E-state index in [4.69, 9.17) is 5.73 Å². The molecule has 102 valence electrons. The number of hydrogen-bond donors (Lipinski definition) is 1. The monoisotopic (exact) mass is 334 g/mol. The second-order valence-electron chi connectivity index (χ2n) is 4.68. The largest absolute Gasteiger partial charge is 0.318 e. The van der Waals surface area contributed by atoms with Gasteiger partial charge in [-0.3, -0.25) is 4.79 Å². The number of β-lactam (4-membered cyclic amide) rings is 1. The Labute approximate surface area is 124 Å². The molecule has 0 unspecified atom stereocenters. The fraction of sp³-hybridized carbons (Fsp3) is 0.133. The minimum absolute atomic E-state index is 0.194. The summed E-state index contributed by atoms with van der Waals surface area (Å²) in [5, 5.41) is 0. The van der Waals surface area contributed by atoms with Crippen molar-refractivity contribution < 1.29 is 9.18 Å². The van der Waals surface area contributed by atoms with Gasteiger partial charge in [-0.25, -0.2) is 4.39 Å². The lowest BCUT2D eigenvalue weighted by atomic mass is 9.88. The van der Waals surface area contributed by atoms with E-state index >= 15 is 0 Å². The standard InChI is InChI=1S/C15H12BrFN2O/c16-9-5-7-10(8-6-9)19-14(13(18)15(19)20)11-3-1-2-4-12(11)17/h1-8,13-14H,18H2/t13-,14-/m1/s1. The molecule has 0 bridgehead atoms. The molecule has 1 saturated heterocycles. The van der Waals surface area contributed by atoms with Gasteiger partial charge in [0.05, 0.1) is 6.04 Å². The molecule has 1 fully saturated rings. The van der Waals surface area contributed by atoms with Crippen LogP contribution in [0.25, 0.3) is 0 Å². The molecule has 0 radical (unpaired) electrons. The third-order valence-electron chi connectivity index (χ3n) is 3.47. The maximum Gasteiger partial charge on any atom is 0.247 e. The van der Waals surface area contributed by atoms with Crippen LogP contribution in [-0.2, 0) is 4.79 Å². The van der Waals surface area contributed by atoms with Crippen LogP contribution in [0.4, 0.5) is 10.1 Å². The lowest BCUT2D eigenvalue weighted by Crippen LogP contribution is -2.63. The van der Waals surface area contributed by atoms with Crippen LogP contribution in [0, 0.1) is 5.82 Å². The highest BCUT2D eigenvalue weighted by Crippen LogP contribution is 2.39. The molecule has 3 nitrogen and oxygen atoms in total. The highest BCUT2D eigenvalue weighted by Gasteiger charge is 2.47. The lowest BCUT2D eigenvalue weighted by Gasteiger charge is -2.45. The predicted octanol–water partition coefficient (Wildman–Crippen LogP) is 3.00. The zero-order valence-corrected chi connectivity index (χ0v) is 12.0. The summed E-state index contributed by atoms with van der Waals surface area (Å²) >= 11 is 3.34. The van der Waals surface area contributed by atoms with Crippen molar-refractivity contribution in [2.24, 2.45) is 5.73 Å². The van der Waals surface area contributed by atoms with E-state index in [1.807, 2.05) is 24.3 Å². The Bertz CT molecular complexity index is 659. The zero-order valence-electron chi connectivity index (χ0n) is 10.5. The molecule has 0 aliphatic carbocycles. The van der Waals surface area contributed by atoms with Crippen LogP contribution < -0.4 is 10.6 Å². The summed E-state index contributed by atoms with van der Waals surface area (Å²) in [6.45, 7) is 0. The van der Waals surface area contributed by atoms with Gasteiger partial charge in [-0.15, -0.1) is 0 Å². The number of carbonyl (C=O) groups is 1. The smallest absolute Gasteiger partial charge is 0.247 e. The molecule has 0 aromatic heterocycles. The quantitative estimate of drug-likeness (QED) is 0.858. The number of benzene rings is 2. The number of rotatable bonds is 2. The molecule has 1 heterocycles. The molecule has 0 saturated carbocycles. The van der Waals surface area contributed by atoms with E-state index in [1.54, 1.807) is 18.2 Å². The first kappa shape index (κ1) is 13.3. The molecular weight excluding hydrogens is 323 g/mol. The molecule has 2 aromatic rings. The molecule has 2 atom stereocenters. The third kappa shape index (κ3) is 2.03. The van der Waals surface area contributed by atoms with Gasteiger partial charge in [-0.2, -0.15) is 0 Å². The van der Waals surface area contributed by atoms with Crippen LogP contribution in [0.1, 0.15) is 11.6 Å². The Hall–Kier alpha value is -1.72. The van der Waals surface area contributed by atoms with Gasteiger partial charge in [0.1, 0.15) is 11.9 Å². The summed E-state index contributed by atoms with van der Waals surface area (Å²) < 4.78 is 14.8. The summed E-state index contributed by atoms with van der Waals surface area (Å²) in [4.78, 5) is 13.5. The average molecular weight is 335 g/mol. The fourth-order valence-corrected chi connectivity index (χ4v) is 2.71. The van der Waals surface area contributed by atoms with Gasteiger partial charge in [0.2, 0.25) is 5.91 Å². The van der Waals surface area contributed by atoms with Gasteiger partial charge in [-0.1, -0.05) is 34.1 Å². The van der Waals surface area contributed by atoms with Crippen LogP contribution in [-0.4, -0.2) is 11.9 Å². The Morgan fingerprint density at radius 3 is 2.40 bits per heavy atom. The predicted molar refractivity (Wildman–Crippen MR) is 78.7 cm³/mol. The number of halogens is 2. The topological polar surface area (TPSA) is 46.3 Å². The van der Waals surface area contributed by atoms with E-state index in [1.165, 1.54) is 11.0 Å². The minimum atomic E-state index is -0.699. The first-order valence-electron chi connectivity index (χ1n) is 6.18. The highest BCUT2D eigenvalue weighted by atomic mass is 79.9. The van der Waals surface area contributed by atoms with Crippen LogP contribution in [0.2, 0.25) is 0 Å². The van der Waals surface area contributed by atoms with Crippen molar-refractivity contribution in [1.29, 1.82) is 0 Å².